The van der Waals surface area contributed by atoms with E-state index in [9.17, 15) is 9.59 Å². The highest BCUT2D eigenvalue weighted by Crippen LogP contribution is 2.28. The number of hydrogen-bond acceptors (Lipinski definition) is 3. The highest BCUT2D eigenvalue weighted by atomic mass is 16.2. The summed E-state index contributed by atoms with van der Waals surface area (Å²) in [7, 11) is 0. The molecule has 1 N–H and O–H groups in total. The van der Waals surface area contributed by atoms with Crippen LogP contribution in [-0.4, -0.2) is 23.3 Å². The number of benzene rings is 2. The van der Waals surface area contributed by atoms with Crippen LogP contribution in [0.25, 0.3) is 10.9 Å². The van der Waals surface area contributed by atoms with E-state index in [0.29, 0.717) is 6.54 Å². The summed E-state index contributed by atoms with van der Waals surface area (Å²) in [6, 6.07) is 15.4. The largest absolute Gasteiger partial charge is 0.325 e. The summed E-state index contributed by atoms with van der Waals surface area (Å²) >= 11 is 0. The maximum absolute atomic E-state index is 12.8. The number of amides is 2. The zero-order valence-electron chi connectivity index (χ0n) is 15.4. The summed E-state index contributed by atoms with van der Waals surface area (Å²) in [5.74, 6) is -0.518. The Morgan fingerprint density at radius 3 is 2.78 bits per heavy atom. The number of nitrogens with zero attached hydrogens (tertiary/aromatic N) is 2. The second-order valence-corrected chi connectivity index (χ2v) is 7.04. The summed E-state index contributed by atoms with van der Waals surface area (Å²) < 4.78 is 0. The number of pyridine rings is 1. The van der Waals surface area contributed by atoms with Crippen LogP contribution >= 0.6 is 0 Å². The minimum atomic E-state index is -0.369. The molecule has 1 saturated heterocycles. The van der Waals surface area contributed by atoms with Gasteiger partial charge >= 0.3 is 0 Å². The van der Waals surface area contributed by atoms with E-state index in [0.717, 1.165) is 27.8 Å². The van der Waals surface area contributed by atoms with Crippen molar-refractivity contribution < 1.29 is 9.59 Å². The number of carbonyl (C=O) groups excluding carboxylic acids is 2. The summed E-state index contributed by atoms with van der Waals surface area (Å²) in [6.45, 7) is 4.47. The molecule has 5 nitrogen and oxygen atoms in total. The van der Waals surface area contributed by atoms with Crippen LogP contribution in [-0.2, 0) is 9.59 Å². The van der Waals surface area contributed by atoms with Gasteiger partial charge in [-0.25, -0.2) is 0 Å². The molecule has 2 aromatic carbocycles. The minimum Gasteiger partial charge on any atom is -0.325 e. The second kappa shape index (κ2) is 6.83. The molecule has 1 unspecified atom stereocenters. The van der Waals surface area contributed by atoms with Gasteiger partial charge in [-0.05, 0) is 61.4 Å². The second-order valence-electron chi connectivity index (χ2n) is 7.04. The first kappa shape index (κ1) is 17.2. The lowest BCUT2D eigenvalue weighted by atomic mass is 10.1. The number of rotatable bonds is 3. The van der Waals surface area contributed by atoms with Gasteiger partial charge in [-0.2, -0.15) is 0 Å². The van der Waals surface area contributed by atoms with Crippen LogP contribution in [0.1, 0.15) is 17.5 Å². The molecule has 1 atom stereocenters. The number of aryl methyl sites for hydroxylation is 2. The van der Waals surface area contributed by atoms with Crippen LogP contribution in [0.2, 0.25) is 0 Å². The molecule has 1 fully saturated rings. The van der Waals surface area contributed by atoms with Gasteiger partial charge in [-0.3, -0.25) is 14.6 Å². The Hall–Kier alpha value is -3.21. The van der Waals surface area contributed by atoms with E-state index < -0.39 is 0 Å². The predicted molar refractivity (Wildman–Crippen MR) is 107 cm³/mol. The summed E-state index contributed by atoms with van der Waals surface area (Å²) in [5, 5.41) is 3.87. The Balaban J connectivity index is 1.53. The van der Waals surface area contributed by atoms with Crippen molar-refractivity contribution in [2.75, 3.05) is 16.8 Å². The molecule has 1 aliphatic rings. The fraction of sp³-hybridized carbons (Fsp3) is 0.227. The van der Waals surface area contributed by atoms with Crippen molar-refractivity contribution in [1.29, 1.82) is 0 Å². The highest BCUT2D eigenvalue weighted by Gasteiger charge is 2.35. The zero-order chi connectivity index (χ0) is 19.0. The average Bonchev–Trinajstić information content (AvgIpc) is 3.06. The van der Waals surface area contributed by atoms with E-state index in [2.05, 4.69) is 10.3 Å². The summed E-state index contributed by atoms with van der Waals surface area (Å²) in [4.78, 5) is 31.3. The van der Waals surface area contributed by atoms with Crippen molar-refractivity contribution in [3.63, 3.8) is 0 Å². The molecule has 5 heteroatoms. The maximum Gasteiger partial charge on any atom is 0.229 e. The van der Waals surface area contributed by atoms with Crippen LogP contribution in [0.5, 0.6) is 0 Å². The van der Waals surface area contributed by atoms with E-state index >= 15 is 0 Å². The molecule has 2 heterocycles. The molecule has 1 aromatic heterocycles. The average molecular weight is 359 g/mol. The monoisotopic (exact) mass is 359 g/mol. The molecule has 136 valence electrons. The van der Waals surface area contributed by atoms with E-state index in [1.165, 1.54) is 5.56 Å². The van der Waals surface area contributed by atoms with Crippen molar-refractivity contribution in [3.05, 3.63) is 65.9 Å². The van der Waals surface area contributed by atoms with E-state index in [4.69, 9.17) is 0 Å². The molecular weight excluding hydrogens is 338 g/mol. The fourth-order valence-corrected chi connectivity index (χ4v) is 3.47. The molecule has 27 heavy (non-hydrogen) atoms. The van der Waals surface area contributed by atoms with Crippen LogP contribution in [0, 0.1) is 19.8 Å². The molecule has 4 rings (SSSR count). The molecule has 2 amide bonds. The molecule has 0 aliphatic carbocycles. The van der Waals surface area contributed by atoms with E-state index in [1.54, 1.807) is 11.1 Å². The van der Waals surface area contributed by atoms with Crippen LogP contribution < -0.4 is 10.2 Å². The van der Waals surface area contributed by atoms with Gasteiger partial charge in [0.2, 0.25) is 11.8 Å². The molecule has 3 aromatic rings. The van der Waals surface area contributed by atoms with Crippen LogP contribution in [0.3, 0.4) is 0 Å². The van der Waals surface area contributed by atoms with Crippen molar-refractivity contribution in [2.24, 2.45) is 5.92 Å². The summed E-state index contributed by atoms with van der Waals surface area (Å²) in [6.07, 6.45) is 1.95. The van der Waals surface area contributed by atoms with Crippen molar-refractivity contribution in [1.82, 2.24) is 4.98 Å². The smallest absolute Gasteiger partial charge is 0.229 e. The third-order valence-corrected chi connectivity index (χ3v) is 5.20. The Morgan fingerprint density at radius 2 is 1.96 bits per heavy atom. The Labute approximate surface area is 158 Å². The number of hydrogen-bond donors (Lipinski definition) is 1. The van der Waals surface area contributed by atoms with Gasteiger partial charge < -0.3 is 10.2 Å². The molecule has 0 saturated carbocycles. The van der Waals surface area contributed by atoms with Gasteiger partial charge in [-0.15, -0.1) is 0 Å². The Morgan fingerprint density at radius 1 is 1.11 bits per heavy atom. The molecule has 0 bridgehead atoms. The Kier molecular flexibility index (Phi) is 4.36. The first-order chi connectivity index (χ1) is 13.0. The SMILES string of the molecule is Cc1ccc(N2CC(C(=O)Nc3cccc4ncccc34)CC2=O)cc1C. The lowest BCUT2D eigenvalue weighted by molar-refractivity contribution is -0.122. The number of carbonyl (C=O) groups is 2. The normalized spacial score (nSPS) is 16.7. The summed E-state index contributed by atoms with van der Waals surface area (Å²) in [5.41, 5.74) is 4.73. The lowest BCUT2D eigenvalue weighted by Gasteiger charge is -2.18. The van der Waals surface area contributed by atoms with Crippen molar-refractivity contribution in [2.45, 2.75) is 20.3 Å². The number of aromatic nitrogens is 1. The third-order valence-electron chi connectivity index (χ3n) is 5.20. The number of nitrogens with one attached hydrogen (secondary N) is 1. The van der Waals surface area contributed by atoms with Crippen LogP contribution in [0.15, 0.2) is 54.7 Å². The first-order valence-corrected chi connectivity index (χ1v) is 9.05. The molecular formula is C22H21N3O2. The molecule has 1 aliphatic heterocycles. The third kappa shape index (κ3) is 3.28. The van der Waals surface area contributed by atoms with E-state index in [1.807, 2.05) is 62.4 Å². The van der Waals surface area contributed by atoms with Crippen LogP contribution in [0.4, 0.5) is 11.4 Å². The van der Waals surface area contributed by atoms with Gasteiger partial charge in [0.05, 0.1) is 17.1 Å². The predicted octanol–water partition coefficient (Wildman–Crippen LogP) is 3.84. The van der Waals surface area contributed by atoms with Gasteiger partial charge in [0.25, 0.3) is 0 Å². The molecule has 0 spiro atoms. The lowest BCUT2D eigenvalue weighted by Crippen LogP contribution is -2.28. The highest BCUT2D eigenvalue weighted by molar-refractivity contribution is 6.06. The topological polar surface area (TPSA) is 62.3 Å². The van der Waals surface area contributed by atoms with Crippen molar-refractivity contribution in [3.8, 4) is 0 Å². The van der Waals surface area contributed by atoms with E-state index in [-0.39, 0.29) is 24.2 Å². The quantitative estimate of drug-likeness (QED) is 0.773. The van der Waals surface area contributed by atoms with Gasteiger partial charge in [0.1, 0.15) is 0 Å². The number of anilines is 2. The standard InChI is InChI=1S/C22H21N3O2/c1-14-8-9-17(11-15(14)2)25-13-16(12-21(25)26)22(27)24-20-7-3-6-19-18(20)5-4-10-23-19/h3-11,16H,12-13H2,1-2H3,(H,24,27). The Bertz CT molecular complexity index is 1040. The zero-order valence-corrected chi connectivity index (χ0v) is 15.4. The van der Waals surface area contributed by atoms with Gasteiger partial charge in [0, 0.05) is 30.2 Å². The fourth-order valence-electron chi connectivity index (χ4n) is 3.47. The van der Waals surface area contributed by atoms with Gasteiger partial charge in [-0.1, -0.05) is 12.1 Å². The number of fused-ring (bicyclic) bond motifs is 1. The van der Waals surface area contributed by atoms with Crippen molar-refractivity contribution >= 4 is 34.1 Å². The minimum absolute atomic E-state index is 0.0158. The first-order valence-electron chi connectivity index (χ1n) is 9.05. The maximum atomic E-state index is 12.8. The molecule has 0 radical (unpaired) electrons. The van der Waals surface area contributed by atoms with Gasteiger partial charge in [0.15, 0.2) is 0 Å².